The fraction of sp³-hybridized carbons (Fsp3) is 0.471. The Morgan fingerprint density at radius 2 is 1.86 bits per heavy atom. The second-order valence-corrected chi connectivity index (χ2v) is 6.08. The summed E-state index contributed by atoms with van der Waals surface area (Å²) < 4.78 is 15.8. The summed E-state index contributed by atoms with van der Waals surface area (Å²) in [5.74, 6) is 0.629. The van der Waals surface area contributed by atoms with Crippen LogP contribution >= 0.6 is 0 Å². The first-order chi connectivity index (χ1) is 9.93. The third kappa shape index (κ3) is 3.32. The minimum absolute atomic E-state index is 0.119. The van der Waals surface area contributed by atoms with Gasteiger partial charge >= 0.3 is 0 Å². The van der Waals surface area contributed by atoms with Gasteiger partial charge in [-0.15, -0.1) is 0 Å². The number of nitrogens with zero attached hydrogens (tertiary/aromatic N) is 2. The molecule has 2 aromatic rings. The Balaban J connectivity index is 2.31. The van der Waals surface area contributed by atoms with Crippen LogP contribution in [-0.2, 0) is 6.54 Å². The van der Waals surface area contributed by atoms with Crippen LogP contribution < -0.4 is 5.73 Å². The maximum absolute atomic E-state index is 13.7. The molecule has 0 aliphatic carbocycles. The van der Waals surface area contributed by atoms with E-state index in [1.54, 1.807) is 13.8 Å². The molecule has 0 aliphatic heterocycles. The van der Waals surface area contributed by atoms with Crippen molar-refractivity contribution < 1.29 is 4.39 Å². The molecule has 2 rings (SSSR count). The number of nitrogens with two attached hydrogens (primary N) is 1. The first kappa shape index (κ1) is 15.7. The fourth-order valence-electron chi connectivity index (χ4n) is 2.83. The fourth-order valence-corrected chi connectivity index (χ4v) is 2.83. The topological polar surface area (TPSA) is 43.8 Å². The lowest BCUT2D eigenvalue weighted by Gasteiger charge is -2.21. The van der Waals surface area contributed by atoms with Crippen LogP contribution in [0.5, 0.6) is 0 Å². The number of imidazole rings is 1. The Labute approximate surface area is 126 Å². The zero-order valence-corrected chi connectivity index (χ0v) is 13.2. The van der Waals surface area contributed by atoms with E-state index in [4.69, 9.17) is 5.73 Å². The number of benzene rings is 1. The van der Waals surface area contributed by atoms with Crippen molar-refractivity contribution >= 4 is 0 Å². The average Bonchev–Trinajstić information content (AvgIpc) is 2.84. The van der Waals surface area contributed by atoms with Crippen molar-refractivity contribution in [3.63, 3.8) is 0 Å². The number of halogens is 1. The monoisotopic (exact) mass is 289 g/mol. The molecule has 21 heavy (non-hydrogen) atoms. The summed E-state index contributed by atoms with van der Waals surface area (Å²) in [6.07, 6.45) is 3.72. The van der Waals surface area contributed by atoms with Crippen molar-refractivity contribution in [3.05, 3.63) is 52.9 Å². The summed E-state index contributed by atoms with van der Waals surface area (Å²) in [4.78, 5) is 4.27. The molecule has 1 atom stereocenters. The number of aryl methyl sites for hydroxylation is 2. The second kappa shape index (κ2) is 6.39. The molecule has 114 valence electrons. The van der Waals surface area contributed by atoms with Crippen molar-refractivity contribution in [2.24, 2.45) is 11.7 Å². The maximum Gasteiger partial charge on any atom is 0.129 e. The van der Waals surface area contributed by atoms with Crippen LogP contribution in [0.4, 0.5) is 4.39 Å². The van der Waals surface area contributed by atoms with Crippen molar-refractivity contribution in [1.29, 1.82) is 0 Å². The molecule has 0 saturated heterocycles. The molecule has 0 spiro atoms. The molecule has 0 amide bonds. The Kier molecular flexibility index (Phi) is 4.78. The number of aromatic nitrogens is 2. The lowest BCUT2D eigenvalue weighted by atomic mass is 9.93. The van der Waals surface area contributed by atoms with Gasteiger partial charge in [-0.2, -0.15) is 0 Å². The molecule has 4 heteroatoms. The van der Waals surface area contributed by atoms with Crippen LogP contribution in [0.3, 0.4) is 0 Å². The van der Waals surface area contributed by atoms with Crippen LogP contribution in [0.1, 0.15) is 42.1 Å². The molecule has 1 unspecified atom stereocenters. The van der Waals surface area contributed by atoms with Crippen molar-refractivity contribution in [2.75, 3.05) is 6.54 Å². The first-order valence-corrected chi connectivity index (χ1v) is 7.39. The average molecular weight is 289 g/mol. The molecule has 0 saturated carbocycles. The SMILES string of the molecule is Cc1cc(Cn2cncc2C(CN)C(C)C)cc(C)c1F. The normalized spacial score (nSPS) is 12.9. The molecule has 2 N–H and O–H groups in total. The highest BCUT2D eigenvalue weighted by Gasteiger charge is 2.18. The van der Waals surface area contributed by atoms with Gasteiger partial charge in [0.2, 0.25) is 0 Å². The van der Waals surface area contributed by atoms with E-state index in [2.05, 4.69) is 23.4 Å². The molecular weight excluding hydrogens is 265 g/mol. The Morgan fingerprint density at radius 1 is 1.24 bits per heavy atom. The van der Waals surface area contributed by atoms with Crippen LogP contribution in [0.25, 0.3) is 0 Å². The maximum atomic E-state index is 13.7. The molecule has 1 heterocycles. The zero-order chi connectivity index (χ0) is 15.6. The molecule has 0 aliphatic rings. The number of rotatable bonds is 5. The van der Waals surface area contributed by atoms with E-state index in [9.17, 15) is 4.39 Å². The highest BCUT2D eigenvalue weighted by atomic mass is 19.1. The van der Waals surface area contributed by atoms with Crippen LogP contribution in [0, 0.1) is 25.6 Å². The lowest BCUT2D eigenvalue weighted by Crippen LogP contribution is -2.21. The van der Waals surface area contributed by atoms with Crippen molar-refractivity contribution in [2.45, 2.75) is 40.2 Å². The summed E-state index contributed by atoms with van der Waals surface area (Å²) in [5, 5.41) is 0. The first-order valence-electron chi connectivity index (χ1n) is 7.39. The molecule has 1 aromatic carbocycles. The summed E-state index contributed by atoms with van der Waals surface area (Å²) in [7, 11) is 0. The third-order valence-electron chi connectivity index (χ3n) is 4.03. The Bertz CT molecular complexity index is 593. The molecule has 0 radical (unpaired) electrons. The summed E-state index contributed by atoms with van der Waals surface area (Å²) in [6.45, 7) is 9.24. The minimum atomic E-state index is -0.119. The summed E-state index contributed by atoms with van der Waals surface area (Å²) in [5.41, 5.74) is 9.51. The van der Waals surface area contributed by atoms with Crippen LogP contribution in [0.2, 0.25) is 0 Å². The van der Waals surface area contributed by atoms with E-state index in [0.717, 1.165) is 11.3 Å². The minimum Gasteiger partial charge on any atom is -0.330 e. The van der Waals surface area contributed by atoms with E-state index < -0.39 is 0 Å². The van der Waals surface area contributed by atoms with Gasteiger partial charge in [0.1, 0.15) is 5.82 Å². The van der Waals surface area contributed by atoms with Gasteiger partial charge in [0.15, 0.2) is 0 Å². The van der Waals surface area contributed by atoms with Gasteiger partial charge < -0.3 is 10.3 Å². The van der Waals surface area contributed by atoms with Gasteiger partial charge in [0, 0.05) is 30.9 Å². The number of hydrogen-bond acceptors (Lipinski definition) is 2. The third-order valence-corrected chi connectivity index (χ3v) is 4.03. The zero-order valence-electron chi connectivity index (χ0n) is 13.2. The predicted octanol–water partition coefficient (Wildman–Crippen LogP) is 3.39. The van der Waals surface area contributed by atoms with E-state index in [1.807, 2.05) is 24.7 Å². The molecular formula is C17H24FN3. The van der Waals surface area contributed by atoms with E-state index in [1.165, 1.54) is 0 Å². The van der Waals surface area contributed by atoms with E-state index in [-0.39, 0.29) is 11.7 Å². The van der Waals surface area contributed by atoms with E-state index >= 15 is 0 Å². The van der Waals surface area contributed by atoms with Gasteiger partial charge in [-0.25, -0.2) is 9.37 Å². The van der Waals surface area contributed by atoms with Crippen LogP contribution in [0.15, 0.2) is 24.7 Å². The highest BCUT2D eigenvalue weighted by molar-refractivity contribution is 5.31. The molecule has 1 aromatic heterocycles. The summed E-state index contributed by atoms with van der Waals surface area (Å²) in [6, 6.07) is 3.80. The largest absolute Gasteiger partial charge is 0.330 e. The van der Waals surface area contributed by atoms with Gasteiger partial charge in [-0.1, -0.05) is 26.0 Å². The van der Waals surface area contributed by atoms with Crippen molar-refractivity contribution in [1.82, 2.24) is 9.55 Å². The van der Waals surface area contributed by atoms with Gasteiger partial charge in [-0.05, 0) is 36.5 Å². The second-order valence-electron chi connectivity index (χ2n) is 6.08. The lowest BCUT2D eigenvalue weighted by molar-refractivity contribution is 0.478. The predicted molar refractivity (Wildman–Crippen MR) is 83.8 cm³/mol. The smallest absolute Gasteiger partial charge is 0.129 e. The van der Waals surface area contributed by atoms with Crippen LogP contribution in [-0.4, -0.2) is 16.1 Å². The van der Waals surface area contributed by atoms with Gasteiger partial charge in [-0.3, -0.25) is 0 Å². The quantitative estimate of drug-likeness (QED) is 0.917. The molecule has 3 nitrogen and oxygen atoms in total. The highest BCUT2D eigenvalue weighted by Crippen LogP contribution is 2.24. The van der Waals surface area contributed by atoms with Crippen molar-refractivity contribution in [3.8, 4) is 0 Å². The van der Waals surface area contributed by atoms with Gasteiger partial charge in [0.25, 0.3) is 0 Å². The Morgan fingerprint density at radius 3 is 2.38 bits per heavy atom. The standard InChI is InChI=1S/C17H24FN3/c1-11(2)15(7-19)16-8-20-10-21(16)9-14-5-12(3)17(18)13(4)6-14/h5-6,8,10-11,15H,7,9,19H2,1-4H3. The van der Waals surface area contributed by atoms with E-state index in [0.29, 0.717) is 30.1 Å². The molecule has 0 fully saturated rings. The van der Waals surface area contributed by atoms with Gasteiger partial charge in [0.05, 0.1) is 6.33 Å². The number of hydrogen-bond donors (Lipinski definition) is 1. The Hall–Kier alpha value is -1.68. The molecule has 0 bridgehead atoms. The summed E-state index contributed by atoms with van der Waals surface area (Å²) >= 11 is 0.